The van der Waals surface area contributed by atoms with Gasteiger partial charge in [-0.05, 0) is 33.5 Å². The van der Waals surface area contributed by atoms with Crippen LogP contribution in [0.1, 0.15) is 22.6 Å². The molecule has 1 amide bonds. The molecule has 5 heteroatoms. The molecule has 1 aromatic rings. The van der Waals surface area contributed by atoms with E-state index in [2.05, 4.69) is 24.1 Å². The molecule has 2 heterocycles. The molecule has 1 saturated heterocycles. The smallest absolute Gasteiger partial charge is 0.272 e. The summed E-state index contributed by atoms with van der Waals surface area (Å²) in [5.41, 5.74) is 1.57. The van der Waals surface area contributed by atoms with Gasteiger partial charge in [-0.1, -0.05) is 0 Å². The van der Waals surface area contributed by atoms with Crippen molar-refractivity contribution in [1.82, 2.24) is 19.6 Å². The van der Waals surface area contributed by atoms with Crippen LogP contribution < -0.4 is 0 Å². The Morgan fingerprint density at radius 2 is 2.24 bits per heavy atom. The second kappa shape index (κ2) is 4.49. The molecule has 1 atom stereocenters. The molecule has 17 heavy (non-hydrogen) atoms. The average molecular weight is 236 g/mol. The standard InChI is InChI=1S/C12H20N4O/c1-9-7-11(15(4)13-9)12(17)16-6-5-10(8-16)14(2)3/h7,10H,5-6,8H2,1-4H3. The molecule has 1 unspecified atom stereocenters. The largest absolute Gasteiger partial charge is 0.336 e. The van der Waals surface area contributed by atoms with Crippen molar-refractivity contribution in [2.75, 3.05) is 27.2 Å². The van der Waals surface area contributed by atoms with Crippen molar-refractivity contribution < 1.29 is 4.79 Å². The number of carbonyl (C=O) groups is 1. The van der Waals surface area contributed by atoms with Crippen LogP contribution in [-0.4, -0.2) is 58.7 Å². The highest BCUT2D eigenvalue weighted by Crippen LogP contribution is 2.16. The molecule has 1 aliphatic rings. The first-order chi connectivity index (χ1) is 7.99. The predicted molar refractivity (Wildman–Crippen MR) is 65.9 cm³/mol. The molecule has 1 fully saturated rings. The van der Waals surface area contributed by atoms with Crippen LogP contribution in [0.3, 0.4) is 0 Å². The van der Waals surface area contributed by atoms with Crippen LogP contribution in [0, 0.1) is 6.92 Å². The van der Waals surface area contributed by atoms with E-state index in [0.717, 1.165) is 25.2 Å². The van der Waals surface area contributed by atoms with Crippen LogP contribution >= 0.6 is 0 Å². The van der Waals surface area contributed by atoms with Gasteiger partial charge in [0.1, 0.15) is 5.69 Å². The van der Waals surface area contributed by atoms with E-state index < -0.39 is 0 Å². The van der Waals surface area contributed by atoms with E-state index in [1.807, 2.05) is 24.9 Å². The molecule has 0 spiro atoms. The molecular weight excluding hydrogens is 216 g/mol. The third-order valence-corrected chi connectivity index (χ3v) is 3.40. The summed E-state index contributed by atoms with van der Waals surface area (Å²) in [4.78, 5) is 16.4. The van der Waals surface area contributed by atoms with E-state index in [1.165, 1.54) is 0 Å². The van der Waals surface area contributed by atoms with Crippen molar-refractivity contribution in [3.05, 3.63) is 17.5 Å². The van der Waals surface area contributed by atoms with Crippen molar-refractivity contribution in [1.29, 1.82) is 0 Å². The monoisotopic (exact) mass is 236 g/mol. The summed E-state index contributed by atoms with van der Waals surface area (Å²) < 4.78 is 1.67. The number of likely N-dealkylation sites (tertiary alicyclic amines) is 1. The second-order valence-electron chi connectivity index (χ2n) is 4.95. The minimum atomic E-state index is 0.0949. The Labute approximate surface area is 102 Å². The Morgan fingerprint density at radius 1 is 1.53 bits per heavy atom. The lowest BCUT2D eigenvalue weighted by molar-refractivity contribution is 0.0772. The van der Waals surface area contributed by atoms with Gasteiger partial charge in [-0.2, -0.15) is 5.10 Å². The fourth-order valence-corrected chi connectivity index (χ4v) is 2.32. The zero-order valence-electron chi connectivity index (χ0n) is 11.0. The van der Waals surface area contributed by atoms with Gasteiger partial charge in [0, 0.05) is 26.2 Å². The van der Waals surface area contributed by atoms with Gasteiger partial charge in [-0.15, -0.1) is 0 Å². The van der Waals surface area contributed by atoms with Gasteiger partial charge in [0.15, 0.2) is 0 Å². The first-order valence-electron chi connectivity index (χ1n) is 5.95. The van der Waals surface area contributed by atoms with Gasteiger partial charge >= 0.3 is 0 Å². The van der Waals surface area contributed by atoms with E-state index in [4.69, 9.17) is 0 Å². The summed E-state index contributed by atoms with van der Waals surface area (Å²) in [7, 11) is 5.94. The third-order valence-electron chi connectivity index (χ3n) is 3.40. The van der Waals surface area contributed by atoms with Gasteiger partial charge < -0.3 is 9.80 Å². The summed E-state index contributed by atoms with van der Waals surface area (Å²) >= 11 is 0. The van der Waals surface area contributed by atoms with Crippen molar-refractivity contribution >= 4 is 5.91 Å². The Kier molecular flexibility index (Phi) is 3.19. The van der Waals surface area contributed by atoms with Crippen LogP contribution in [0.5, 0.6) is 0 Å². The lowest BCUT2D eigenvalue weighted by Crippen LogP contribution is -2.35. The van der Waals surface area contributed by atoms with E-state index in [-0.39, 0.29) is 5.91 Å². The molecule has 1 aromatic heterocycles. The van der Waals surface area contributed by atoms with Crippen LogP contribution in [0.2, 0.25) is 0 Å². The lowest BCUT2D eigenvalue weighted by atomic mass is 10.2. The summed E-state index contributed by atoms with van der Waals surface area (Å²) in [5.74, 6) is 0.0949. The first kappa shape index (κ1) is 12.1. The highest BCUT2D eigenvalue weighted by molar-refractivity contribution is 5.92. The molecule has 0 bridgehead atoms. The Morgan fingerprint density at radius 3 is 2.71 bits per heavy atom. The number of likely N-dealkylation sites (N-methyl/N-ethyl adjacent to an activating group) is 1. The highest BCUT2D eigenvalue weighted by Gasteiger charge is 2.29. The molecule has 1 aliphatic heterocycles. The minimum absolute atomic E-state index is 0.0949. The van der Waals surface area contributed by atoms with Crippen LogP contribution in [0.15, 0.2) is 6.07 Å². The molecular formula is C12H20N4O. The molecule has 5 nitrogen and oxygen atoms in total. The van der Waals surface area contributed by atoms with Gasteiger partial charge in [0.25, 0.3) is 5.91 Å². The maximum Gasteiger partial charge on any atom is 0.272 e. The number of amides is 1. The average Bonchev–Trinajstić information content (AvgIpc) is 2.84. The number of rotatable bonds is 2. The molecule has 0 N–H and O–H groups in total. The molecule has 94 valence electrons. The van der Waals surface area contributed by atoms with E-state index in [0.29, 0.717) is 11.7 Å². The fraction of sp³-hybridized carbons (Fsp3) is 0.667. The van der Waals surface area contributed by atoms with Gasteiger partial charge in [-0.3, -0.25) is 9.48 Å². The summed E-state index contributed by atoms with van der Waals surface area (Å²) in [6.07, 6.45) is 1.05. The second-order valence-corrected chi connectivity index (χ2v) is 4.95. The maximum atomic E-state index is 12.3. The van der Waals surface area contributed by atoms with E-state index in [9.17, 15) is 4.79 Å². The number of hydrogen-bond donors (Lipinski definition) is 0. The molecule has 0 saturated carbocycles. The highest BCUT2D eigenvalue weighted by atomic mass is 16.2. The topological polar surface area (TPSA) is 41.4 Å². The number of aryl methyl sites for hydroxylation is 2. The molecule has 0 aromatic carbocycles. The summed E-state index contributed by atoms with van der Waals surface area (Å²) in [6, 6.07) is 2.33. The van der Waals surface area contributed by atoms with Crippen molar-refractivity contribution in [3.8, 4) is 0 Å². The van der Waals surface area contributed by atoms with Crippen LogP contribution in [-0.2, 0) is 7.05 Å². The molecule has 0 radical (unpaired) electrons. The van der Waals surface area contributed by atoms with Crippen molar-refractivity contribution in [2.45, 2.75) is 19.4 Å². The third kappa shape index (κ3) is 2.34. The number of aromatic nitrogens is 2. The number of carbonyl (C=O) groups excluding carboxylic acids is 1. The Bertz CT molecular complexity index is 424. The molecule has 2 rings (SSSR count). The first-order valence-corrected chi connectivity index (χ1v) is 5.95. The number of hydrogen-bond acceptors (Lipinski definition) is 3. The number of nitrogens with zero attached hydrogens (tertiary/aromatic N) is 4. The maximum absolute atomic E-state index is 12.3. The van der Waals surface area contributed by atoms with E-state index >= 15 is 0 Å². The van der Waals surface area contributed by atoms with Crippen molar-refractivity contribution in [3.63, 3.8) is 0 Å². The molecule has 0 aliphatic carbocycles. The van der Waals surface area contributed by atoms with Crippen molar-refractivity contribution in [2.24, 2.45) is 7.05 Å². The van der Waals surface area contributed by atoms with Gasteiger partial charge in [0.05, 0.1) is 5.69 Å². The minimum Gasteiger partial charge on any atom is -0.336 e. The zero-order chi connectivity index (χ0) is 12.6. The Hall–Kier alpha value is -1.36. The summed E-state index contributed by atoms with van der Waals surface area (Å²) in [5, 5.41) is 4.22. The van der Waals surface area contributed by atoms with E-state index in [1.54, 1.807) is 4.68 Å². The SMILES string of the molecule is Cc1cc(C(=O)N2CCC(N(C)C)C2)n(C)n1. The predicted octanol–water partition coefficient (Wildman–Crippen LogP) is 0.505. The van der Waals surface area contributed by atoms with Gasteiger partial charge in [-0.25, -0.2) is 0 Å². The van der Waals surface area contributed by atoms with Gasteiger partial charge in [0.2, 0.25) is 0 Å². The summed E-state index contributed by atoms with van der Waals surface area (Å²) in [6.45, 7) is 3.56. The zero-order valence-corrected chi connectivity index (χ0v) is 11.0. The Balaban J connectivity index is 2.09. The van der Waals surface area contributed by atoms with Crippen LogP contribution in [0.25, 0.3) is 0 Å². The quantitative estimate of drug-likeness (QED) is 0.751. The normalized spacial score (nSPS) is 20.3. The van der Waals surface area contributed by atoms with Crippen LogP contribution in [0.4, 0.5) is 0 Å². The fourth-order valence-electron chi connectivity index (χ4n) is 2.32. The lowest BCUT2D eigenvalue weighted by Gasteiger charge is -2.20.